The summed E-state index contributed by atoms with van der Waals surface area (Å²) in [5, 5.41) is 0. The minimum atomic E-state index is -0.390. The first-order valence-electron chi connectivity index (χ1n) is 2.69. The smallest absolute Gasteiger partial charge is 0.237 e. The fourth-order valence-corrected chi connectivity index (χ4v) is 1.03. The number of carbonyl (C=O) groups is 2. The predicted molar refractivity (Wildman–Crippen MR) is 31.8 cm³/mol. The van der Waals surface area contributed by atoms with Gasteiger partial charge in [0.15, 0.2) is 0 Å². The average Bonchev–Trinajstić information content (AvgIpc) is 2.15. The van der Waals surface area contributed by atoms with Crippen molar-refractivity contribution >= 4 is 24.0 Å². The van der Waals surface area contributed by atoms with Gasteiger partial charge in [-0.15, -0.1) is 0 Å². The Kier molecular flexibility index (Phi) is 1.71. The first-order valence-corrected chi connectivity index (χ1v) is 3.02. The molecule has 1 atom stereocenters. The third kappa shape index (κ3) is 1.05. The van der Waals surface area contributed by atoms with E-state index in [1.54, 1.807) is 0 Å². The zero-order valence-electron chi connectivity index (χ0n) is 4.71. The number of hydrogen-bond donors (Lipinski definition) is 0. The Morgan fingerprint density at radius 2 is 2.44 bits per heavy atom. The number of nitrogens with zero attached hydrogens (tertiary/aromatic N) is 1. The summed E-state index contributed by atoms with van der Waals surface area (Å²) in [4.78, 5) is 20.7. The van der Waals surface area contributed by atoms with Gasteiger partial charge in [0.2, 0.25) is 5.91 Å². The fourth-order valence-electron chi connectivity index (χ4n) is 0.798. The quantitative estimate of drug-likeness (QED) is 0.396. The summed E-state index contributed by atoms with van der Waals surface area (Å²) in [6.07, 6.45) is 1.65. The Labute approximate surface area is 57.7 Å². The molecule has 1 fully saturated rings. The van der Waals surface area contributed by atoms with Crippen molar-refractivity contribution in [3.8, 4) is 0 Å². The number of halogens is 1. The third-order valence-corrected chi connectivity index (χ3v) is 1.78. The Morgan fingerprint density at radius 1 is 1.78 bits per heavy atom. The van der Waals surface area contributed by atoms with Crippen molar-refractivity contribution < 1.29 is 9.59 Å². The van der Waals surface area contributed by atoms with E-state index in [2.05, 4.69) is 0 Å². The summed E-state index contributed by atoms with van der Waals surface area (Å²) in [6, 6.07) is -0.390. The maximum atomic E-state index is 10.6. The van der Waals surface area contributed by atoms with Crippen molar-refractivity contribution in [3.05, 3.63) is 0 Å². The molecule has 1 amide bonds. The maximum absolute atomic E-state index is 10.6. The number of hydrogen-bond acceptors (Lipinski definition) is 2. The van der Waals surface area contributed by atoms with Crippen LogP contribution in [0.4, 0.5) is 0 Å². The molecule has 3 nitrogen and oxygen atoms in total. The zero-order valence-corrected chi connectivity index (χ0v) is 5.47. The van der Waals surface area contributed by atoms with Crippen molar-refractivity contribution in [1.82, 2.24) is 4.42 Å². The number of amides is 1. The molecule has 1 aliphatic heterocycles. The molecule has 0 saturated carbocycles. The van der Waals surface area contributed by atoms with Gasteiger partial charge in [-0.05, 0) is 6.42 Å². The standard InChI is InChI=1S/C5H6ClNO2/c6-7-4(3-8)1-2-5(7)9/h3-4H,1-2H2/t4-/m0/s1. The van der Waals surface area contributed by atoms with Gasteiger partial charge < -0.3 is 4.79 Å². The van der Waals surface area contributed by atoms with Crippen molar-refractivity contribution in [2.24, 2.45) is 0 Å². The van der Waals surface area contributed by atoms with Crippen LogP contribution in [0.2, 0.25) is 0 Å². The lowest BCUT2D eigenvalue weighted by atomic mass is 10.2. The molecule has 0 N–H and O–H groups in total. The van der Waals surface area contributed by atoms with Crippen LogP contribution in [0.5, 0.6) is 0 Å². The molecule has 1 aliphatic rings. The van der Waals surface area contributed by atoms with Gasteiger partial charge in [0.05, 0.1) is 0 Å². The molecule has 1 heterocycles. The SMILES string of the molecule is O=C[C@@H]1CCC(=O)N1Cl. The van der Waals surface area contributed by atoms with Crippen LogP contribution >= 0.6 is 11.8 Å². The average molecular weight is 148 g/mol. The minimum Gasteiger partial charge on any atom is -0.301 e. The first-order chi connectivity index (χ1) is 4.25. The molecule has 4 heteroatoms. The zero-order chi connectivity index (χ0) is 6.85. The van der Waals surface area contributed by atoms with E-state index >= 15 is 0 Å². The van der Waals surface area contributed by atoms with E-state index in [0.717, 1.165) is 4.42 Å². The molecule has 0 aromatic heterocycles. The molecule has 9 heavy (non-hydrogen) atoms. The summed E-state index contributed by atoms with van der Waals surface area (Å²) in [5.41, 5.74) is 0. The number of aldehydes is 1. The largest absolute Gasteiger partial charge is 0.301 e. The molecule has 0 unspecified atom stereocenters. The van der Waals surface area contributed by atoms with Crippen LogP contribution in [0.25, 0.3) is 0 Å². The molecule has 0 aromatic rings. The molecular weight excluding hydrogens is 142 g/mol. The summed E-state index contributed by atoms with van der Waals surface area (Å²) >= 11 is 5.38. The number of rotatable bonds is 1. The highest BCUT2D eigenvalue weighted by Crippen LogP contribution is 2.18. The van der Waals surface area contributed by atoms with Crippen molar-refractivity contribution in [3.63, 3.8) is 0 Å². The van der Waals surface area contributed by atoms with E-state index < -0.39 is 0 Å². The molecule has 50 valence electrons. The lowest BCUT2D eigenvalue weighted by Crippen LogP contribution is -2.24. The van der Waals surface area contributed by atoms with Crippen LogP contribution in [0.15, 0.2) is 0 Å². The fraction of sp³-hybridized carbons (Fsp3) is 0.600. The van der Waals surface area contributed by atoms with Gasteiger partial charge in [-0.2, -0.15) is 0 Å². The maximum Gasteiger partial charge on any atom is 0.237 e. The van der Waals surface area contributed by atoms with E-state index in [0.29, 0.717) is 19.1 Å². The van der Waals surface area contributed by atoms with Crippen LogP contribution in [-0.4, -0.2) is 22.7 Å². The minimum absolute atomic E-state index is 0.159. The van der Waals surface area contributed by atoms with E-state index in [-0.39, 0.29) is 11.9 Å². The normalized spacial score (nSPS) is 27.0. The van der Waals surface area contributed by atoms with E-state index in [4.69, 9.17) is 11.8 Å². The Morgan fingerprint density at radius 3 is 2.67 bits per heavy atom. The van der Waals surface area contributed by atoms with E-state index in [1.807, 2.05) is 0 Å². The first kappa shape index (κ1) is 6.55. The highest BCUT2D eigenvalue weighted by Gasteiger charge is 2.28. The van der Waals surface area contributed by atoms with Crippen molar-refractivity contribution in [2.45, 2.75) is 18.9 Å². The van der Waals surface area contributed by atoms with E-state index in [9.17, 15) is 9.59 Å². The van der Waals surface area contributed by atoms with Gasteiger partial charge in [0.1, 0.15) is 12.3 Å². The second-order valence-electron chi connectivity index (χ2n) is 1.95. The summed E-state index contributed by atoms with van der Waals surface area (Å²) in [7, 11) is 0. The third-order valence-electron chi connectivity index (χ3n) is 1.34. The summed E-state index contributed by atoms with van der Waals surface area (Å²) in [5.74, 6) is -0.159. The Bertz CT molecular complexity index is 148. The summed E-state index contributed by atoms with van der Waals surface area (Å²) in [6.45, 7) is 0. The molecule has 0 radical (unpaired) electrons. The molecule has 0 bridgehead atoms. The second-order valence-corrected chi connectivity index (χ2v) is 2.31. The van der Waals surface area contributed by atoms with Crippen LogP contribution in [0.3, 0.4) is 0 Å². The Hall–Kier alpha value is -0.570. The van der Waals surface area contributed by atoms with Crippen molar-refractivity contribution in [2.75, 3.05) is 0 Å². The molecular formula is C5H6ClNO2. The lowest BCUT2D eigenvalue weighted by Gasteiger charge is -2.07. The van der Waals surface area contributed by atoms with Gasteiger partial charge in [0, 0.05) is 18.2 Å². The van der Waals surface area contributed by atoms with Gasteiger partial charge >= 0.3 is 0 Å². The topological polar surface area (TPSA) is 37.4 Å². The van der Waals surface area contributed by atoms with Crippen LogP contribution in [0, 0.1) is 0 Å². The monoisotopic (exact) mass is 147 g/mol. The van der Waals surface area contributed by atoms with E-state index in [1.165, 1.54) is 0 Å². The Balaban J connectivity index is 2.61. The molecule has 0 aliphatic carbocycles. The highest BCUT2D eigenvalue weighted by molar-refractivity contribution is 6.23. The highest BCUT2D eigenvalue weighted by atomic mass is 35.5. The van der Waals surface area contributed by atoms with Crippen molar-refractivity contribution in [1.29, 1.82) is 0 Å². The van der Waals surface area contributed by atoms with Gasteiger partial charge in [-0.25, -0.2) is 4.42 Å². The second kappa shape index (κ2) is 2.35. The van der Waals surface area contributed by atoms with Crippen LogP contribution < -0.4 is 0 Å². The summed E-state index contributed by atoms with van der Waals surface area (Å²) < 4.78 is 0.965. The van der Waals surface area contributed by atoms with Gasteiger partial charge in [0.25, 0.3) is 0 Å². The molecule has 1 saturated heterocycles. The predicted octanol–water partition coefficient (Wildman–Crippen LogP) is 0.330. The van der Waals surface area contributed by atoms with Gasteiger partial charge in [-0.1, -0.05) is 0 Å². The van der Waals surface area contributed by atoms with Gasteiger partial charge in [-0.3, -0.25) is 4.79 Å². The molecule has 1 rings (SSSR count). The van der Waals surface area contributed by atoms with Crippen LogP contribution in [0.1, 0.15) is 12.8 Å². The molecule has 0 aromatic carbocycles. The number of carbonyl (C=O) groups excluding carboxylic acids is 2. The lowest BCUT2D eigenvalue weighted by molar-refractivity contribution is -0.126. The van der Waals surface area contributed by atoms with Crippen LogP contribution in [-0.2, 0) is 9.59 Å². The molecule has 0 spiro atoms.